The van der Waals surface area contributed by atoms with E-state index >= 15 is 0 Å². The van der Waals surface area contributed by atoms with Crippen LogP contribution in [-0.2, 0) is 9.53 Å². The molecule has 0 fully saturated rings. The standard InChI is InChI=1S/C18H14N2O3/c1-23-18(22)15-8-5-13(6-9-15)7-10-17(21)20-16-4-2-3-14(11-16)12-19/h2-11H,1H3,(H,20,21)/b10-7+. The second-order valence-electron chi connectivity index (χ2n) is 4.63. The highest BCUT2D eigenvalue weighted by molar-refractivity contribution is 6.02. The predicted molar refractivity (Wildman–Crippen MR) is 86.6 cm³/mol. The summed E-state index contributed by atoms with van der Waals surface area (Å²) in [5.41, 5.74) is 2.26. The quantitative estimate of drug-likeness (QED) is 0.695. The lowest BCUT2D eigenvalue weighted by atomic mass is 10.1. The molecule has 0 unspecified atom stereocenters. The molecule has 0 saturated carbocycles. The fourth-order valence-corrected chi connectivity index (χ4v) is 1.87. The smallest absolute Gasteiger partial charge is 0.337 e. The molecule has 0 atom stereocenters. The molecule has 23 heavy (non-hydrogen) atoms. The Balaban J connectivity index is 2.00. The first kappa shape index (κ1) is 16.0. The van der Waals surface area contributed by atoms with Gasteiger partial charge in [-0.25, -0.2) is 4.79 Å². The Morgan fingerprint density at radius 2 is 1.91 bits per heavy atom. The Morgan fingerprint density at radius 1 is 1.17 bits per heavy atom. The SMILES string of the molecule is COC(=O)c1ccc(/C=C/C(=O)Nc2cccc(C#N)c2)cc1. The van der Waals surface area contributed by atoms with E-state index < -0.39 is 5.97 Å². The summed E-state index contributed by atoms with van der Waals surface area (Å²) in [6, 6.07) is 15.3. The Bertz CT molecular complexity index is 787. The molecule has 0 radical (unpaired) electrons. The molecule has 0 aromatic heterocycles. The largest absolute Gasteiger partial charge is 0.465 e. The predicted octanol–water partition coefficient (Wildman–Crippen LogP) is 3.00. The minimum Gasteiger partial charge on any atom is -0.465 e. The van der Waals surface area contributed by atoms with Gasteiger partial charge in [-0.2, -0.15) is 5.26 Å². The summed E-state index contributed by atoms with van der Waals surface area (Å²) < 4.78 is 4.62. The van der Waals surface area contributed by atoms with E-state index in [0.29, 0.717) is 16.8 Å². The lowest BCUT2D eigenvalue weighted by Gasteiger charge is -2.02. The second-order valence-corrected chi connectivity index (χ2v) is 4.63. The van der Waals surface area contributed by atoms with E-state index in [-0.39, 0.29) is 5.91 Å². The van der Waals surface area contributed by atoms with Gasteiger partial charge < -0.3 is 10.1 Å². The van der Waals surface area contributed by atoms with Crippen molar-refractivity contribution in [3.63, 3.8) is 0 Å². The lowest BCUT2D eigenvalue weighted by Crippen LogP contribution is -2.07. The fourth-order valence-electron chi connectivity index (χ4n) is 1.87. The first-order valence-corrected chi connectivity index (χ1v) is 6.80. The number of benzene rings is 2. The summed E-state index contributed by atoms with van der Waals surface area (Å²) in [5.74, 6) is -0.715. The third-order valence-electron chi connectivity index (χ3n) is 3.02. The van der Waals surface area contributed by atoms with Gasteiger partial charge in [0.1, 0.15) is 0 Å². The Kier molecular flexibility index (Phi) is 5.26. The van der Waals surface area contributed by atoms with Crippen LogP contribution in [0.5, 0.6) is 0 Å². The van der Waals surface area contributed by atoms with Crippen LogP contribution in [0.1, 0.15) is 21.5 Å². The van der Waals surface area contributed by atoms with E-state index in [2.05, 4.69) is 10.1 Å². The van der Waals surface area contributed by atoms with E-state index in [0.717, 1.165) is 5.56 Å². The number of methoxy groups -OCH3 is 1. The number of hydrogen-bond acceptors (Lipinski definition) is 4. The zero-order valence-electron chi connectivity index (χ0n) is 12.4. The molecule has 2 aromatic carbocycles. The van der Waals surface area contributed by atoms with Crippen molar-refractivity contribution in [2.24, 2.45) is 0 Å². The van der Waals surface area contributed by atoms with Gasteiger partial charge in [0.05, 0.1) is 24.3 Å². The maximum Gasteiger partial charge on any atom is 0.337 e. The zero-order valence-corrected chi connectivity index (χ0v) is 12.4. The third-order valence-corrected chi connectivity index (χ3v) is 3.02. The maximum atomic E-state index is 11.9. The molecule has 0 heterocycles. The number of carbonyl (C=O) groups excluding carboxylic acids is 2. The number of carbonyl (C=O) groups is 2. The lowest BCUT2D eigenvalue weighted by molar-refractivity contribution is -0.111. The van der Waals surface area contributed by atoms with Crippen LogP contribution in [0.4, 0.5) is 5.69 Å². The summed E-state index contributed by atoms with van der Waals surface area (Å²) in [4.78, 5) is 23.2. The van der Waals surface area contributed by atoms with Crippen molar-refractivity contribution in [3.05, 3.63) is 71.3 Å². The van der Waals surface area contributed by atoms with Crippen LogP contribution in [0.2, 0.25) is 0 Å². The number of amides is 1. The van der Waals surface area contributed by atoms with Gasteiger partial charge in [0, 0.05) is 11.8 Å². The molecular formula is C18H14N2O3. The van der Waals surface area contributed by atoms with Crippen LogP contribution in [0.25, 0.3) is 6.08 Å². The van der Waals surface area contributed by atoms with Gasteiger partial charge in [0.25, 0.3) is 0 Å². The molecule has 0 aliphatic heterocycles. The van der Waals surface area contributed by atoms with Gasteiger partial charge in [-0.15, -0.1) is 0 Å². The molecule has 0 saturated heterocycles. The Hall–Kier alpha value is -3.39. The van der Waals surface area contributed by atoms with Gasteiger partial charge in [0.2, 0.25) is 5.91 Å². The minimum absolute atomic E-state index is 0.308. The van der Waals surface area contributed by atoms with Crippen LogP contribution in [0.15, 0.2) is 54.6 Å². The molecule has 2 aromatic rings. The van der Waals surface area contributed by atoms with E-state index in [1.807, 2.05) is 6.07 Å². The maximum absolute atomic E-state index is 11.9. The molecule has 1 N–H and O–H groups in total. The highest BCUT2D eigenvalue weighted by Crippen LogP contribution is 2.11. The average molecular weight is 306 g/mol. The summed E-state index contributed by atoms with van der Waals surface area (Å²) in [7, 11) is 1.32. The normalized spacial score (nSPS) is 10.1. The van der Waals surface area contributed by atoms with Crippen molar-refractivity contribution < 1.29 is 14.3 Å². The monoisotopic (exact) mass is 306 g/mol. The summed E-state index contributed by atoms with van der Waals surface area (Å²) >= 11 is 0. The van der Waals surface area contributed by atoms with Gasteiger partial charge in [-0.05, 0) is 42.0 Å². The summed E-state index contributed by atoms with van der Waals surface area (Å²) in [5, 5.41) is 11.5. The highest BCUT2D eigenvalue weighted by atomic mass is 16.5. The topological polar surface area (TPSA) is 79.2 Å². The molecule has 0 aliphatic rings. The number of nitrogens with zero attached hydrogens (tertiary/aromatic N) is 1. The molecule has 2 rings (SSSR count). The van der Waals surface area contributed by atoms with Crippen molar-refractivity contribution in [2.45, 2.75) is 0 Å². The van der Waals surface area contributed by atoms with Crippen molar-refractivity contribution in [3.8, 4) is 6.07 Å². The first-order valence-electron chi connectivity index (χ1n) is 6.80. The molecule has 0 bridgehead atoms. The van der Waals surface area contributed by atoms with Crippen LogP contribution >= 0.6 is 0 Å². The zero-order chi connectivity index (χ0) is 16.7. The molecule has 5 heteroatoms. The highest BCUT2D eigenvalue weighted by Gasteiger charge is 2.03. The summed E-state index contributed by atoms with van der Waals surface area (Å²) in [6.45, 7) is 0. The van der Waals surface area contributed by atoms with Gasteiger partial charge in [-0.3, -0.25) is 4.79 Å². The molecular weight excluding hydrogens is 292 g/mol. The number of hydrogen-bond donors (Lipinski definition) is 1. The number of rotatable bonds is 4. The number of anilines is 1. The van der Waals surface area contributed by atoms with Crippen molar-refractivity contribution in [1.82, 2.24) is 0 Å². The summed E-state index contributed by atoms with van der Waals surface area (Å²) in [6.07, 6.45) is 3.01. The number of nitrogens with one attached hydrogen (secondary N) is 1. The molecule has 114 valence electrons. The number of nitriles is 1. The van der Waals surface area contributed by atoms with Gasteiger partial charge in [0.15, 0.2) is 0 Å². The number of ether oxygens (including phenoxy) is 1. The molecule has 1 amide bonds. The van der Waals surface area contributed by atoms with Crippen molar-refractivity contribution in [1.29, 1.82) is 5.26 Å². The molecule has 0 spiro atoms. The Labute approximate surface area is 133 Å². The van der Waals surface area contributed by atoms with E-state index in [4.69, 9.17) is 5.26 Å². The van der Waals surface area contributed by atoms with Gasteiger partial charge in [-0.1, -0.05) is 18.2 Å². The fraction of sp³-hybridized carbons (Fsp3) is 0.0556. The molecule has 0 aliphatic carbocycles. The van der Waals surface area contributed by atoms with Gasteiger partial charge >= 0.3 is 5.97 Å². The Morgan fingerprint density at radius 3 is 2.57 bits per heavy atom. The second kappa shape index (κ2) is 7.57. The van der Waals surface area contributed by atoms with Crippen molar-refractivity contribution >= 4 is 23.6 Å². The van der Waals surface area contributed by atoms with Crippen LogP contribution in [0.3, 0.4) is 0 Å². The van der Waals surface area contributed by atoms with E-state index in [9.17, 15) is 9.59 Å². The first-order chi connectivity index (χ1) is 11.1. The number of esters is 1. The van der Waals surface area contributed by atoms with Crippen LogP contribution in [-0.4, -0.2) is 19.0 Å². The molecule has 5 nitrogen and oxygen atoms in total. The van der Waals surface area contributed by atoms with E-state index in [1.165, 1.54) is 13.2 Å². The average Bonchev–Trinajstić information content (AvgIpc) is 2.60. The van der Waals surface area contributed by atoms with E-state index in [1.54, 1.807) is 54.6 Å². The van der Waals surface area contributed by atoms with Crippen LogP contribution in [0, 0.1) is 11.3 Å². The third kappa shape index (κ3) is 4.55. The van der Waals surface area contributed by atoms with Crippen LogP contribution < -0.4 is 5.32 Å². The van der Waals surface area contributed by atoms with Crippen molar-refractivity contribution in [2.75, 3.05) is 12.4 Å². The minimum atomic E-state index is -0.407.